The quantitative estimate of drug-likeness (QED) is 0.384. The SMILES string of the molecule is CCCN(CCC)S(=O)(=O)c1c[nH]c(C(=O)NN)c1. The van der Waals surface area contributed by atoms with Crippen LogP contribution in [0, 0.1) is 0 Å². The van der Waals surface area contributed by atoms with Gasteiger partial charge in [0.15, 0.2) is 0 Å². The lowest BCUT2D eigenvalue weighted by Gasteiger charge is -2.19. The molecule has 0 saturated carbocycles. The largest absolute Gasteiger partial charge is 0.356 e. The van der Waals surface area contributed by atoms with E-state index in [1.165, 1.54) is 16.6 Å². The van der Waals surface area contributed by atoms with E-state index in [2.05, 4.69) is 4.98 Å². The number of aromatic amines is 1. The Labute approximate surface area is 113 Å². The standard InChI is InChI=1S/C11H20N4O3S/c1-3-5-15(6-4-2)19(17,18)9-7-10(13-8-9)11(16)14-12/h7-8,13H,3-6,12H2,1-2H3,(H,14,16). The van der Waals surface area contributed by atoms with Gasteiger partial charge in [-0.25, -0.2) is 14.3 Å². The lowest BCUT2D eigenvalue weighted by atomic mass is 10.4. The highest BCUT2D eigenvalue weighted by molar-refractivity contribution is 7.89. The average Bonchev–Trinajstić information content (AvgIpc) is 2.87. The topological polar surface area (TPSA) is 108 Å². The van der Waals surface area contributed by atoms with Gasteiger partial charge in [-0.1, -0.05) is 13.8 Å². The van der Waals surface area contributed by atoms with Crippen LogP contribution in [0.2, 0.25) is 0 Å². The molecule has 19 heavy (non-hydrogen) atoms. The van der Waals surface area contributed by atoms with Crippen molar-refractivity contribution < 1.29 is 13.2 Å². The van der Waals surface area contributed by atoms with E-state index in [0.717, 1.165) is 12.8 Å². The Morgan fingerprint density at radius 1 is 1.37 bits per heavy atom. The van der Waals surface area contributed by atoms with Gasteiger partial charge in [0.1, 0.15) is 10.6 Å². The zero-order chi connectivity index (χ0) is 14.5. The summed E-state index contributed by atoms with van der Waals surface area (Å²) in [5.74, 6) is 4.44. The highest BCUT2D eigenvalue weighted by Crippen LogP contribution is 2.17. The lowest BCUT2D eigenvalue weighted by Crippen LogP contribution is -2.32. The minimum Gasteiger partial charge on any atom is -0.356 e. The number of aromatic nitrogens is 1. The van der Waals surface area contributed by atoms with Gasteiger partial charge in [-0.15, -0.1) is 0 Å². The minimum atomic E-state index is -3.57. The second-order valence-corrected chi connectivity index (χ2v) is 6.06. The molecule has 0 saturated heterocycles. The molecule has 0 fully saturated rings. The Morgan fingerprint density at radius 2 is 1.95 bits per heavy atom. The summed E-state index contributed by atoms with van der Waals surface area (Å²) in [5.41, 5.74) is 2.07. The Bertz CT molecular complexity index is 518. The maximum absolute atomic E-state index is 12.4. The third kappa shape index (κ3) is 3.55. The van der Waals surface area contributed by atoms with Crippen LogP contribution in [0.1, 0.15) is 37.2 Å². The maximum Gasteiger partial charge on any atom is 0.281 e. The van der Waals surface area contributed by atoms with E-state index in [1.54, 1.807) is 0 Å². The first-order valence-electron chi connectivity index (χ1n) is 6.16. The van der Waals surface area contributed by atoms with Crippen LogP contribution < -0.4 is 11.3 Å². The van der Waals surface area contributed by atoms with E-state index in [0.29, 0.717) is 13.1 Å². The fraction of sp³-hybridized carbons (Fsp3) is 0.545. The molecule has 1 aromatic rings. The van der Waals surface area contributed by atoms with Crippen molar-refractivity contribution in [3.63, 3.8) is 0 Å². The van der Waals surface area contributed by atoms with Gasteiger partial charge in [0.05, 0.1) is 0 Å². The van der Waals surface area contributed by atoms with E-state index in [-0.39, 0.29) is 10.6 Å². The van der Waals surface area contributed by atoms with Gasteiger partial charge < -0.3 is 4.98 Å². The van der Waals surface area contributed by atoms with Gasteiger partial charge in [0.25, 0.3) is 5.91 Å². The molecule has 7 nitrogen and oxygen atoms in total. The summed E-state index contributed by atoms with van der Waals surface area (Å²) in [5, 5.41) is 0. The molecule has 0 aromatic carbocycles. The first-order valence-corrected chi connectivity index (χ1v) is 7.60. The van der Waals surface area contributed by atoms with Gasteiger partial charge in [0.2, 0.25) is 10.0 Å². The van der Waals surface area contributed by atoms with Crippen molar-refractivity contribution in [1.82, 2.24) is 14.7 Å². The molecule has 0 unspecified atom stereocenters. The Hall–Kier alpha value is -1.38. The smallest absolute Gasteiger partial charge is 0.281 e. The van der Waals surface area contributed by atoms with Crippen LogP contribution in [0.4, 0.5) is 0 Å². The van der Waals surface area contributed by atoms with Crippen molar-refractivity contribution in [2.45, 2.75) is 31.6 Å². The fourth-order valence-corrected chi connectivity index (χ4v) is 3.35. The molecule has 108 valence electrons. The number of amides is 1. The number of nitrogens with one attached hydrogen (secondary N) is 2. The number of rotatable bonds is 7. The average molecular weight is 288 g/mol. The van der Waals surface area contributed by atoms with Crippen LogP contribution in [0.15, 0.2) is 17.2 Å². The van der Waals surface area contributed by atoms with Crippen molar-refractivity contribution >= 4 is 15.9 Å². The first-order chi connectivity index (χ1) is 8.97. The molecule has 4 N–H and O–H groups in total. The second kappa shape index (κ2) is 6.69. The zero-order valence-electron chi connectivity index (χ0n) is 11.1. The Morgan fingerprint density at radius 3 is 2.42 bits per heavy atom. The molecule has 0 aliphatic heterocycles. The molecule has 0 atom stereocenters. The number of sulfonamides is 1. The van der Waals surface area contributed by atoms with Gasteiger partial charge >= 0.3 is 0 Å². The van der Waals surface area contributed by atoms with Gasteiger partial charge in [-0.3, -0.25) is 10.2 Å². The Balaban J connectivity index is 3.04. The molecular formula is C11H20N4O3S. The van der Waals surface area contributed by atoms with Crippen molar-refractivity contribution in [3.8, 4) is 0 Å². The minimum absolute atomic E-state index is 0.0769. The first kappa shape index (κ1) is 15.7. The summed E-state index contributed by atoms with van der Waals surface area (Å²) >= 11 is 0. The van der Waals surface area contributed by atoms with Crippen molar-refractivity contribution in [1.29, 1.82) is 0 Å². The van der Waals surface area contributed by atoms with Crippen molar-refractivity contribution in [3.05, 3.63) is 18.0 Å². The number of H-pyrrole nitrogens is 1. The van der Waals surface area contributed by atoms with E-state index in [4.69, 9.17) is 5.84 Å². The van der Waals surface area contributed by atoms with Crippen LogP contribution in [-0.4, -0.2) is 36.7 Å². The normalized spacial score (nSPS) is 11.8. The predicted octanol–water partition coefficient (Wildman–Crippen LogP) is 0.429. The predicted molar refractivity (Wildman–Crippen MR) is 71.8 cm³/mol. The molecule has 0 aliphatic rings. The molecule has 0 aliphatic carbocycles. The van der Waals surface area contributed by atoms with Crippen LogP contribution >= 0.6 is 0 Å². The van der Waals surface area contributed by atoms with E-state index in [1.807, 2.05) is 19.3 Å². The van der Waals surface area contributed by atoms with Gasteiger partial charge in [-0.2, -0.15) is 4.31 Å². The van der Waals surface area contributed by atoms with Crippen LogP contribution in [0.3, 0.4) is 0 Å². The molecule has 0 spiro atoms. The number of nitrogens with two attached hydrogens (primary N) is 1. The number of nitrogens with zero attached hydrogens (tertiary/aromatic N) is 1. The number of hydrogen-bond acceptors (Lipinski definition) is 4. The molecule has 0 radical (unpaired) electrons. The van der Waals surface area contributed by atoms with Gasteiger partial charge in [-0.05, 0) is 18.9 Å². The van der Waals surface area contributed by atoms with E-state index in [9.17, 15) is 13.2 Å². The van der Waals surface area contributed by atoms with Crippen LogP contribution in [-0.2, 0) is 10.0 Å². The van der Waals surface area contributed by atoms with Crippen LogP contribution in [0.5, 0.6) is 0 Å². The number of carbonyl (C=O) groups is 1. The molecular weight excluding hydrogens is 268 g/mol. The van der Waals surface area contributed by atoms with E-state index >= 15 is 0 Å². The van der Waals surface area contributed by atoms with E-state index < -0.39 is 15.9 Å². The van der Waals surface area contributed by atoms with Crippen molar-refractivity contribution in [2.75, 3.05) is 13.1 Å². The molecule has 8 heteroatoms. The highest BCUT2D eigenvalue weighted by atomic mass is 32.2. The summed E-state index contributed by atoms with van der Waals surface area (Å²) in [6.07, 6.45) is 2.78. The Kier molecular flexibility index (Phi) is 5.52. The van der Waals surface area contributed by atoms with Crippen LogP contribution in [0.25, 0.3) is 0 Å². The number of hydrogen-bond donors (Lipinski definition) is 3. The summed E-state index contributed by atoms with van der Waals surface area (Å²) in [6.45, 7) is 4.75. The monoisotopic (exact) mass is 288 g/mol. The third-order valence-corrected chi connectivity index (χ3v) is 4.49. The molecule has 1 rings (SSSR count). The maximum atomic E-state index is 12.4. The fourth-order valence-electron chi connectivity index (χ4n) is 1.73. The molecule has 1 amide bonds. The number of carbonyl (C=O) groups excluding carboxylic acids is 1. The lowest BCUT2D eigenvalue weighted by molar-refractivity contribution is 0.0949. The summed E-state index contributed by atoms with van der Waals surface area (Å²) in [6, 6.07) is 1.29. The highest BCUT2D eigenvalue weighted by Gasteiger charge is 2.25. The summed E-state index contributed by atoms with van der Waals surface area (Å²) in [4.78, 5) is 14.0. The molecule has 1 heterocycles. The summed E-state index contributed by atoms with van der Waals surface area (Å²) < 4.78 is 26.2. The molecule has 0 bridgehead atoms. The van der Waals surface area contributed by atoms with Gasteiger partial charge in [0, 0.05) is 19.3 Å². The van der Waals surface area contributed by atoms with Crippen molar-refractivity contribution in [2.24, 2.45) is 5.84 Å². The number of hydrazine groups is 1. The third-order valence-electron chi connectivity index (χ3n) is 2.62. The zero-order valence-corrected chi connectivity index (χ0v) is 12.0. The number of nitrogen functional groups attached to an aromatic ring is 1. The summed E-state index contributed by atoms with van der Waals surface area (Å²) in [7, 11) is -3.57. The second-order valence-electron chi connectivity index (χ2n) is 4.13. The molecule has 1 aromatic heterocycles.